The molecule has 3 rings (SSSR count). The Bertz CT molecular complexity index is 664. The number of nitrogen functional groups attached to an aromatic ring is 1. The molecule has 0 amide bonds. The average molecular weight is 316 g/mol. The van der Waals surface area contributed by atoms with Crippen LogP contribution >= 0.6 is 0 Å². The molecule has 23 heavy (non-hydrogen) atoms. The first-order valence-electron chi connectivity index (χ1n) is 7.61. The van der Waals surface area contributed by atoms with Crippen LogP contribution in [0.25, 0.3) is 11.3 Å². The summed E-state index contributed by atoms with van der Waals surface area (Å²) in [5.41, 5.74) is 7.02. The van der Waals surface area contributed by atoms with E-state index in [0.29, 0.717) is 37.3 Å². The molecule has 0 radical (unpaired) electrons. The quantitative estimate of drug-likeness (QED) is 0.896. The first-order valence-corrected chi connectivity index (χ1v) is 7.61. The molecule has 3 heterocycles. The standard InChI is InChI=1S/C15H20N6O2/c1-3-23-13-6-12(11-7-17-14(16)18-8-11)19-15(20-13)21-4-5-22-9-10(21)2/h6-8,10H,3-5,9H2,1-2H3,(H2,16,17,18)/t10-/m0/s1. The van der Waals surface area contributed by atoms with Crippen molar-refractivity contribution in [1.82, 2.24) is 19.9 Å². The maximum absolute atomic E-state index is 5.58. The third-order valence-electron chi connectivity index (χ3n) is 3.58. The van der Waals surface area contributed by atoms with Gasteiger partial charge in [0.25, 0.3) is 0 Å². The Morgan fingerprint density at radius 3 is 2.83 bits per heavy atom. The van der Waals surface area contributed by atoms with Crippen molar-refractivity contribution in [3.05, 3.63) is 18.5 Å². The van der Waals surface area contributed by atoms with Gasteiger partial charge in [0.05, 0.1) is 31.6 Å². The van der Waals surface area contributed by atoms with Crippen LogP contribution in [0, 0.1) is 0 Å². The van der Waals surface area contributed by atoms with Crippen LogP contribution in [0.4, 0.5) is 11.9 Å². The lowest BCUT2D eigenvalue weighted by Gasteiger charge is -2.33. The van der Waals surface area contributed by atoms with Gasteiger partial charge in [-0.15, -0.1) is 0 Å². The number of anilines is 2. The highest BCUT2D eigenvalue weighted by molar-refractivity contribution is 5.60. The molecule has 2 N–H and O–H groups in total. The summed E-state index contributed by atoms with van der Waals surface area (Å²) in [6.45, 7) is 6.60. The molecular weight excluding hydrogens is 296 g/mol. The predicted molar refractivity (Wildman–Crippen MR) is 86.3 cm³/mol. The molecule has 1 saturated heterocycles. The summed E-state index contributed by atoms with van der Waals surface area (Å²) in [6.07, 6.45) is 3.29. The van der Waals surface area contributed by atoms with E-state index in [0.717, 1.165) is 12.1 Å². The number of ether oxygens (including phenoxy) is 2. The van der Waals surface area contributed by atoms with Gasteiger partial charge in [-0.25, -0.2) is 15.0 Å². The van der Waals surface area contributed by atoms with E-state index < -0.39 is 0 Å². The maximum atomic E-state index is 5.58. The molecule has 0 spiro atoms. The van der Waals surface area contributed by atoms with Crippen molar-refractivity contribution in [3.63, 3.8) is 0 Å². The minimum atomic E-state index is 0.205. The van der Waals surface area contributed by atoms with E-state index in [2.05, 4.69) is 31.8 Å². The van der Waals surface area contributed by atoms with Crippen LogP contribution < -0.4 is 15.4 Å². The van der Waals surface area contributed by atoms with Crippen LogP contribution in [0.3, 0.4) is 0 Å². The Labute approximate surface area is 134 Å². The van der Waals surface area contributed by atoms with Crippen LogP contribution in [0.2, 0.25) is 0 Å². The second-order valence-electron chi connectivity index (χ2n) is 5.27. The second kappa shape index (κ2) is 6.74. The van der Waals surface area contributed by atoms with Crippen LogP contribution in [0.1, 0.15) is 13.8 Å². The first-order chi connectivity index (χ1) is 11.2. The Balaban J connectivity index is 2.00. The summed E-state index contributed by atoms with van der Waals surface area (Å²) in [4.78, 5) is 19.3. The zero-order valence-electron chi connectivity index (χ0n) is 13.3. The van der Waals surface area contributed by atoms with Gasteiger partial charge >= 0.3 is 0 Å². The minimum Gasteiger partial charge on any atom is -0.478 e. The van der Waals surface area contributed by atoms with Gasteiger partial charge in [0.15, 0.2) is 0 Å². The molecule has 8 nitrogen and oxygen atoms in total. The molecule has 122 valence electrons. The number of rotatable bonds is 4. The summed E-state index contributed by atoms with van der Waals surface area (Å²) >= 11 is 0. The minimum absolute atomic E-state index is 0.205. The van der Waals surface area contributed by atoms with Crippen LogP contribution in [-0.2, 0) is 4.74 Å². The zero-order chi connectivity index (χ0) is 16.2. The van der Waals surface area contributed by atoms with E-state index in [9.17, 15) is 0 Å². The fourth-order valence-corrected chi connectivity index (χ4v) is 2.41. The van der Waals surface area contributed by atoms with Gasteiger partial charge in [0, 0.05) is 30.6 Å². The fourth-order valence-electron chi connectivity index (χ4n) is 2.41. The summed E-state index contributed by atoms with van der Waals surface area (Å²) in [5, 5.41) is 0. The van der Waals surface area contributed by atoms with Crippen molar-refractivity contribution < 1.29 is 9.47 Å². The summed E-state index contributed by atoms with van der Waals surface area (Å²) in [7, 11) is 0. The number of nitrogens with two attached hydrogens (primary N) is 1. The smallest absolute Gasteiger partial charge is 0.229 e. The van der Waals surface area contributed by atoms with Crippen LogP contribution in [0.5, 0.6) is 5.88 Å². The van der Waals surface area contributed by atoms with Gasteiger partial charge < -0.3 is 20.1 Å². The Kier molecular flexibility index (Phi) is 4.52. The first kappa shape index (κ1) is 15.4. The van der Waals surface area contributed by atoms with Gasteiger partial charge in [0.2, 0.25) is 17.8 Å². The van der Waals surface area contributed by atoms with Gasteiger partial charge in [-0.2, -0.15) is 4.98 Å². The van der Waals surface area contributed by atoms with Crippen molar-refractivity contribution in [2.24, 2.45) is 0 Å². The van der Waals surface area contributed by atoms with Crippen LogP contribution in [-0.4, -0.2) is 52.3 Å². The third kappa shape index (κ3) is 3.48. The highest BCUT2D eigenvalue weighted by Gasteiger charge is 2.23. The molecule has 8 heteroatoms. The molecule has 1 aliphatic rings. The molecule has 2 aromatic heterocycles. The number of morpholine rings is 1. The summed E-state index contributed by atoms with van der Waals surface area (Å²) in [6, 6.07) is 1.99. The van der Waals surface area contributed by atoms with E-state index >= 15 is 0 Å². The zero-order valence-corrected chi connectivity index (χ0v) is 13.3. The summed E-state index contributed by atoms with van der Waals surface area (Å²) < 4.78 is 11.1. The lowest BCUT2D eigenvalue weighted by Crippen LogP contribution is -2.44. The van der Waals surface area contributed by atoms with Gasteiger partial charge in [-0.3, -0.25) is 0 Å². The fraction of sp³-hybridized carbons (Fsp3) is 0.467. The SMILES string of the molecule is CCOc1cc(-c2cnc(N)nc2)nc(N2CCOC[C@@H]2C)n1. The van der Waals surface area contributed by atoms with Crippen molar-refractivity contribution in [2.45, 2.75) is 19.9 Å². The van der Waals surface area contributed by atoms with E-state index in [4.69, 9.17) is 15.2 Å². The van der Waals surface area contributed by atoms with Gasteiger partial charge in [0.1, 0.15) is 0 Å². The monoisotopic (exact) mass is 316 g/mol. The maximum Gasteiger partial charge on any atom is 0.229 e. The lowest BCUT2D eigenvalue weighted by atomic mass is 10.2. The Morgan fingerprint density at radius 1 is 1.35 bits per heavy atom. The Morgan fingerprint density at radius 2 is 2.13 bits per heavy atom. The van der Waals surface area contributed by atoms with E-state index in [1.807, 2.05) is 6.92 Å². The van der Waals surface area contributed by atoms with E-state index in [-0.39, 0.29) is 12.0 Å². The number of hydrogen-bond donors (Lipinski definition) is 1. The molecule has 0 unspecified atom stereocenters. The molecule has 2 aromatic rings. The predicted octanol–water partition coefficient (Wildman–Crippen LogP) is 1.14. The highest BCUT2D eigenvalue weighted by atomic mass is 16.5. The normalized spacial score (nSPS) is 18.0. The van der Waals surface area contributed by atoms with Crippen molar-refractivity contribution in [2.75, 3.05) is 37.0 Å². The third-order valence-corrected chi connectivity index (χ3v) is 3.58. The molecular formula is C15H20N6O2. The lowest BCUT2D eigenvalue weighted by molar-refractivity contribution is 0.0980. The van der Waals surface area contributed by atoms with Crippen molar-refractivity contribution in [3.8, 4) is 17.1 Å². The molecule has 1 aliphatic heterocycles. The molecule has 0 aliphatic carbocycles. The van der Waals surface area contributed by atoms with Crippen molar-refractivity contribution >= 4 is 11.9 Å². The molecule has 0 saturated carbocycles. The highest BCUT2D eigenvalue weighted by Crippen LogP contribution is 2.25. The molecule has 0 aromatic carbocycles. The topological polar surface area (TPSA) is 99.3 Å². The van der Waals surface area contributed by atoms with Gasteiger partial charge in [-0.1, -0.05) is 0 Å². The van der Waals surface area contributed by atoms with Crippen LogP contribution in [0.15, 0.2) is 18.5 Å². The van der Waals surface area contributed by atoms with Crippen molar-refractivity contribution in [1.29, 1.82) is 0 Å². The van der Waals surface area contributed by atoms with E-state index in [1.54, 1.807) is 18.5 Å². The molecule has 1 atom stereocenters. The largest absolute Gasteiger partial charge is 0.478 e. The summed E-state index contributed by atoms with van der Waals surface area (Å²) in [5.74, 6) is 1.39. The number of aromatic nitrogens is 4. The van der Waals surface area contributed by atoms with E-state index in [1.165, 1.54) is 0 Å². The Hall–Kier alpha value is -2.48. The molecule has 1 fully saturated rings. The second-order valence-corrected chi connectivity index (χ2v) is 5.27. The molecule has 0 bridgehead atoms. The van der Waals surface area contributed by atoms with Gasteiger partial charge in [-0.05, 0) is 13.8 Å². The number of hydrogen-bond acceptors (Lipinski definition) is 8. The average Bonchev–Trinajstić information content (AvgIpc) is 2.56. The number of nitrogens with zero attached hydrogens (tertiary/aromatic N) is 5.